The Morgan fingerprint density at radius 3 is 2.03 bits per heavy atom. The summed E-state index contributed by atoms with van der Waals surface area (Å²) in [4.78, 5) is 25.5. The van der Waals surface area contributed by atoms with Gasteiger partial charge in [-0.05, 0) is 12.5 Å². The van der Waals surface area contributed by atoms with Gasteiger partial charge in [0.2, 0.25) is 0 Å². The molecule has 11 nitrogen and oxygen atoms in total. The summed E-state index contributed by atoms with van der Waals surface area (Å²) in [6.07, 6.45) is 12.9. The fraction of sp³-hybridized carbons (Fsp3) is 0.840. The van der Waals surface area contributed by atoms with Crippen LogP contribution in [0.25, 0.3) is 0 Å². The molecule has 1 aromatic rings. The highest BCUT2D eigenvalue weighted by Crippen LogP contribution is 2.44. The zero-order valence-corrected chi connectivity index (χ0v) is 23.0. The van der Waals surface area contributed by atoms with Gasteiger partial charge in [-0.3, -0.25) is 13.6 Å². The van der Waals surface area contributed by atoms with Crippen molar-refractivity contribution in [3.63, 3.8) is 0 Å². The monoisotopic (exact) mass is 547 g/mol. The summed E-state index contributed by atoms with van der Waals surface area (Å²) < 4.78 is 28.6. The summed E-state index contributed by atoms with van der Waals surface area (Å²) in [5.74, 6) is 0.00587. The molecule has 0 amide bonds. The Morgan fingerprint density at radius 1 is 0.946 bits per heavy atom. The van der Waals surface area contributed by atoms with Gasteiger partial charge in [0.25, 0.3) is 0 Å². The molecule has 2 heterocycles. The standard InChI is InChI=1S/C25H46N3O8P/c1-2-3-4-5-6-7-8-9-10-11-12-13-14-15-18-34-37(32,33)35-19-20-22(29)23(30)24(36-20)28-17-16-21(26)27-25(28)31/h16-17,20,22-24,29-30H,2-15,18-19H2,1H3,(H,32,33)(H2,26,27,31)/t20-,22-,23-,24-/m1/s1. The molecule has 1 saturated heterocycles. The number of rotatable bonds is 20. The SMILES string of the molecule is CCCCCCCCCCCCCCCCOP(=O)(O)OC[C@H]1O[C@@H](n2ccc(N)nc2=O)[C@H](O)[C@@H]1O. The van der Waals surface area contributed by atoms with Crippen molar-refractivity contribution in [1.29, 1.82) is 0 Å². The van der Waals surface area contributed by atoms with E-state index in [0.717, 1.165) is 23.8 Å². The first kappa shape index (κ1) is 31.9. The number of phosphoric acid groups is 1. The van der Waals surface area contributed by atoms with E-state index in [1.807, 2.05) is 0 Å². The van der Waals surface area contributed by atoms with Crippen molar-refractivity contribution in [1.82, 2.24) is 9.55 Å². The Balaban J connectivity index is 1.53. The van der Waals surface area contributed by atoms with Crippen LogP contribution in [0.4, 0.5) is 5.82 Å². The van der Waals surface area contributed by atoms with E-state index >= 15 is 0 Å². The third-order valence-corrected chi connectivity index (χ3v) is 7.60. The number of anilines is 1. The van der Waals surface area contributed by atoms with Crippen molar-refractivity contribution >= 4 is 13.6 Å². The second-order valence-electron chi connectivity index (χ2n) is 9.78. The van der Waals surface area contributed by atoms with E-state index in [0.29, 0.717) is 6.42 Å². The molecule has 1 fully saturated rings. The molecule has 5 atom stereocenters. The second-order valence-corrected chi connectivity index (χ2v) is 11.2. The maximum absolute atomic E-state index is 12.2. The van der Waals surface area contributed by atoms with Gasteiger partial charge in [0.15, 0.2) is 6.23 Å². The molecule has 5 N–H and O–H groups in total. The number of unbranched alkanes of at least 4 members (excludes halogenated alkanes) is 13. The Hall–Kier alpha value is -1.33. The lowest BCUT2D eigenvalue weighted by molar-refractivity contribution is -0.0551. The molecular weight excluding hydrogens is 501 g/mol. The minimum absolute atomic E-state index is 0.00587. The number of nitrogens with two attached hydrogens (primary N) is 1. The minimum Gasteiger partial charge on any atom is -0.387 e. The quantitative estimate of drug-likeness (QED) is 0.138. The number of phosphoric ester groups is 1. The largest absolute Gasteiger partial charge is 0.472 e. The molecule has 0 radical (unpaired) electrons. The smallest absolute Gasteiger partial charge is 0.387 e. The highest BCUT2D eigenvalue weighted by atomic mass is 31.2. The van der Waals surface area contributed by atoms with Gasteiger partial charge in [0.1, 0.15) is 24.1 Å². The van der Waals surface area contributed by atoms with E-state index in [9.17, 15) is 24.5 Å². The van der Waals surface area contributed by atoms with Crippen molar-refractivity contribution in [3.8, 4) is 0 Å². The van der Waals surface area contributed by atoms with Crippen molar-refractivity contribution in [2.45, 2.75) is 121 Å². The summed E-state index contributed by atoms with van der Waals surface area (Å²) in [6.45, 7) is 1.82. The number of aliphatic hydroxyl groups is 2. The van der Waals surface area contributed by atoms with Crippen LogP contribution in [0, 0.1) is 0 Å². The zero-order chi connectivity index (χ0) is 27.1. The molecule has 2 rings (SSSR count). The second kappa shape index (κ2) is 17.3. The molecule has 0 aliphatic carbocycles. The van der Waals surface area contributed by atoms with Crippen LogP contribution in [0.5, 0.6) is 0 Å². The van der Waals surface area contributed by atoms with E-state index < -0.39 is 44.7 Å². The van der Waals surface area contributed by atoms with E-state index in [1.54, 1.807) is 0 Å². The number of hydrogen-bond acceptors (Lipinski definition) is 9. The third-order valence-electron chi connectivity index (χ3n) is 6.62. The van der Waals surface area contributed by atoms with Crippen LogP contribution in [-0.2, 0) is 18.3 Å². The molecule has 1 unspecified atom stereocenters. The minimum atomic E-state index is -4.36. The Bertz CT molecular complexity index is 871. The first-order valence-electron chi connectivity index (χ1n) is 13.7. The predicted octanol–water partition coefficient (Wildman–Crippen LogP) is 4.06. The van der Waals surface area contributed by atoms with E-state index in [-0.39, 0.29) is 12.4 Å². The molecule has 0 spiro atoms. The van der Waals surface area contributed by atoms with Crippen LogP contribution < -0.4 is 11.4 Å². The fourth-order valence-electron chi connectivity index (χ4n) is 4.40. The van der Waals surface area contributed by atoms with Gasteiger partial charge in [-0.15, -0.1) is 0 Å². The molecule has 0 bridgehead atoms. The van der Waals surface area contributed by atoms with E-state index in [2.05, 4.69) is 11.9 Å². The lowest BCUT2D eigenvalue weighted by atomic mass is 10.0. The Morgan fingerprint density at radius 2 is 1.49 bits per heavy atom. The van der Waals surface area contributed by atoms with Crippen LogP contribution in [-0.4, -0.2) is 56.2 Å². The number of nitrogen functional groups attached to an aromatic ring is 1. The summed E-state index contributed by atoms with van der Waals surface area (Å²) in [7, 11) is -4.36. The average Bonchev–Trinajstić information content (AvgIpc) is 3.13. The maximum atomic E-state index is 12.2. The number of nitrogens with zero attached hydrogens (tertiary/aromatic N) is 2. The van der Waals surface area contributed by atoms with E-state index in [1.165, 1.54) is 76.5 Å². The summed E-state index contributed by atoms with van der Waals surface area (Å²) in [5, 5.41) is 20.5. The van der Waals surface area contributed by atoms with Crippen molar-refractivity contribution in [2.75, 3.05) is 18.9 Å². The first-order chi connectivity index (χ1) is 17.7. The van der Waals surface area contributed by atoms with E-state index in [4.69, 9.17) is 19.5 Å². The molecule has 0 aromatic carbocycles. The van der Waals surface area contributed by atoms with Crippen molar-refractivity contribution in [2.24, 2.45) is 0 Å². The summed E-state index contributed by atoms with van der Waals surface area (Å²) in [5.41, 5.74) is 4.69. The number of aliphatic hydroxyl groups excluding tert-OH is 2. The molecule has 0 saturated carbocycles. The summed E-state index contributed by atoms with van der Waals surface area (Å²) >= 11 is 0. The zero-order valence-electron chi connectivity index (χ0n) is 22.1. The molecule has 1 aromatic heterocycles. The van der Waals surface area contributed by atoms with Crippen LogP contribution in [0.3, 0.4) is 0 Å². The fourth-order valence-corrected chi connectivity index (χ4v) is 5.17. The van der Waals surface area contributed by atoms with Gasteiger partial charge >= 0.3 is 13.5 Å². The maximum Gasteiger partial charge on any atom is 0.472 e. The van der Waals surface area contributed by atoms with Gasteiger partial charge < -0.3 is 25.6 Å². The topological polar surface area (TPSA) is 166 Å². The Kier molecular flexibility index (Phi) is 14.9. The molecule has 1 aliphatic rings. The number of ether oxygens (including phenoxy) is 1. The lowest BCUT2D eigenvalue weighted by Gasteiger charge is -2.18. The van der Waals surface area contributed by atoms with Gasteiger partial charge in [0.05, 0.1) is 13.2 Å². The van der Waals surface area contributed by atoms with Gasteiger partial charge in [0, 0.05) is 6.20 Å². The first-order valence-corrected chi connectivity index (χ1v) is 15.2. The van der Waals surface area contributed by atoms with Crippen LogP contribution in [0.1, 0.15) is 103 Å². The van der Waals surface area contributed by atoms with Gasteiger partial charge in [-0.2, -0.15) is 4.98 Å². The Labute approximate surface area is 220 Å². The van der Waals surface area contributed by atoms with Gasteiger partial charge in [-0.25, -0.2) is 9.36 Å². The molecular formula is C25H46N3O8P. The lowest BCUT2D eigenvalue weighted by Crippen LogP contribution is -2.36. The average molecular weight is 548 g/mol. The number of hydrogen-bond donors (Lipinski definition) is 4. The molecule has 12 heteroatoms. The van der Waals surface area contributed by atoms with Gasteiger partial charge in [-0.1, -0.05) is 90.4 Å². The highest BCUT2D eigenvalue weighted by Gasteiger charge is 2.45. The summed E-state index contributed by atoms with van der Waals surface area (Å²) in [6, 6.07) is 1.35. The van der Waals surface area contributed by atoms with Crippen LogP contribution in [0.15, 0.2) is 17.1 Å². The highest BCUT2D eigenvalue weighted by molar-refractivity contribution is 7.47. The molecule has 1 aliphatic heterocycles. The molecule has 37 heavy (non-hydrogen) atoms. The van der Waals surface area contributed by atoms with Crippen molar-refractivity contribution < 1.29 is 33.5 Å². The normalized spacial score (nSPS) is 23.4. The van der Waals surface area contributed by atoms with Crippen LogP contribution >= 0.6 is 7.82 Å². The molecule has 214 valence electrons. The number of aromatic nitrogens is 2. The van der Waals surface area contributed by atoms with Crippen LogP contribution in [0.2, 0.25) is 0 Å². The third kappa shape index (κ3) is 11.9. The predicted molar refractivity (Wildman–Crippen MR) is 141 cm³/mol. The van der Waals surface area contributed by atoms with Crippen molar-refractivity contribution in [3.05, 3.63) is 22.7 Å².